The minimum Gasteiger partial charge on any atom is -0.471 e. The lowest BCUT2D eigenvalue weighted by molar-refractivity contribution is 0.0686. The molecule has 2 aromatic carbocycles. The molecule has 7 rings (SSSR count). The van der Waals surface area contributed by atoms with Gasteiger partial charge in [-0.3, -0.25) is 9.69 Å². The van der Waals surface area contributed by atoms with Crippen LogP contribution in [0.2, 0.25) is 0 Å². The molecule has 2 aliphatic carbocycles. The standard InChI is InChI=1S/C30H33N5O4S/c1-18-5-3-6-19(2)28(18)25-15-27-32-30(31-25)33-40(37,38)23-8-4-7-21(13-23)29(36)35-12-11-34(16-22(17-35)39-27)26-10-9-20-14-24(20)26/h3-8,13,15,20,22,24,26H,9-12,14,16-17H2,1-2H3,(H,31,32,33)/t20?,22-,24?,26?/m1/s1. The van der Waals surface area contributed by atoms with Crippen LogP contribution in [0.3, 0.4) is 0 Å². The van der Waals surface area contributed by atoms with Crippen LogP contribution in [0.4, 0.5) is 5.95 Å². The van der Waals surface area contributed by atoms with Gasteiger partial charge in [-0.05, 0) is 74.3 Å². The van der Waals surface area contributed by atoms with Gasteiger partial charge >= 0.3 is 0 Å². The highest BCUT2D eigenvalue weighted by atomic mass is 32.2. The molecule has 208 valence electrons. The predicted octanol–water partition coefficient (Wildman–Crippen LogP) is 3.88. The van der Waals surface area contributed by atoms with E-state index in [9.17, 15) is 13.2 Å². The van der Waals surface area contributed by atoms with E-state index < -0.39 is 10.0 Å². The van der Waals surface area contributed by atoms with Gasteiger partial charge < -0.3 is 9.64 Å². The minimum absolute atomic E-state index is 0.0140. The van der Waals surface area contributed by atoms with Gasteiger partial charge in [0, 0.05) is 42.9 Å². The molecule has 6 bridgehead atoms. The number of aryl methyl sites for hydroxylation is 2. The summed E-state index contributed by atoms with van der Waals surface area (Å²) in [6.07, 6.45) is 3.44. The third kappa shape index (κ3) is 4.62. The zero-order valence-corrected chi connectivity index (χ0v) is 23.5. The van der Waals surface area contributed by atoms with Crippen LogP contribution in [0.5, 0.6) is 5.88 Å². The number of amides is 1. The summed E-state index contributed by atoms with van der Waals surface area (Å²) in [5.41, 5.74) is 3.85. The Balaban J connectivity index is 1.34. The van der Waals surface area contributed by atoms with E-state index in [0.29, 0.717) is 36.9 Å². The molecule has 0 radical (unpaired) electrons. The highest BCUT2D eigenvalue weighted by Crippen LogP contribution is 2.53. The zero-order valence-electron chi connectivity index (χ0n) is 22.7. The van der Waals surface area contributed by atoms with Crippen LogP contribution in [0, 0.1) is 25.7 Å². The number of ether oxygens (including phenoxy) is 1. The lowest BCUT2D eigenvalue weighted by atomic mass is 10.00. The van der Waals surface area contributed by atoms with Gasteiger partial charge in [-0.1, -0.05) is 24.3 Å². The number of benzene rings is 2. The van der Waals surface area contributed by atoms with E-state index in [0.717, 1.165) is 35.1 Å². The summed E-state index contributed by atoms with van der Waals surface area (Å²) in [6, 6.07) is 14.5. The van der Waals surface area contributed by atoms with E-state index in [1.54, 1.807) is 23.1 Å². The fraction of sp³-hybridized carbons (Fsp3) is 0.433. The van der Waals surface area contributed by atoms with Gasteiger partial charge in [-0.15, -0.1) is 0 Å². The number of carbonyl (C=O) groups excluding carboxylic acids is 1. The highest BCUT2D eigenvalue weighted by molar-refractivity contribution is 7.92. The van der Waals surface area contributed by atoms with Crippen molar-refractivity contribution in [2.45, 2.75) is 50.2 Å². The average Bonchev–Trinajstić information content (AvgIpc) is 3.63. The maximum atomic E-state index is 13.7. The third-order valence-electron chi connectivity index (χ3n) is 8.92. The summed E-state index contributed by atoms with van der Waals surface area (Å²) >= 11 is 0. The Labute approximate surface area is 234 Å². The number of fused-ring (bicyclic) bond motifs is 7. The molecule has 3 heterocycles. The zero-order chi connectivity index (χ0) is 27.6. The van der Waals surface area contributed by atoms with E-state index in [-0.39, 0.29) is 28.7 Å². The lowest BCUT2D eigenvalue weighted by Gasteiger charge is -2.30. The normalized spacial score (nSPS) is 27.2. The Bertz CT molecular complexity index is 1590. The van der Waals surface area contributed by atoms with Crippen LogP contribution < -0.4 is 9.46 Å². The van der Waals surface area contributed by atoms with Crippen LogP contribution in [-0.2, 0) is 10.0 Å². The van der Waals surface area contributed by atoms with E-state index in [2.05, 4.69) is 19.6 Å². The predicted molar refractivity (Wildman–Crippen MR) is 151 cm³/mol. The Morgan fingerprint density at radius 1 is 0.975 bits per heavy atom. The molecule has 2 saturated carbocycles. The number of hydrogen-bond acceptors (Lipinski definition) is 7. The first kappa shape index (κ1) is 25.5. The lowest BCUT2D eigenvalue weighted by Crippen LogP contribution is -2.43. The van der Waals surface area contributed by atoms with E-state index in [4.69, 9.17) is 4.74 Å². The van der Waals surface area contributed by atoms with Crippen LogP contribution in [0.25, 0.3) is 11.3 Å². The van der Waals surface area contributed by atoms with Gasteiger partial charge in [-0.25, -0.2) is 18.1 Å². The maximum Gasteiger partial charge on any atom is 0.264 e. The topological polar surface area (TPSA) is 105 Å². The van der Waals surface area contributed by atoms with E-state index in [1.807, 2.05) is 32.0 Å². The molecule has 10 heteroatoms. The fourth-order valence-electron chi connectivity index (χ4n) is 6.89. The Morgan fingerprint density at radius 3 is 2.52 bits per heavy atom. The number of nitrogens with one attached hydrogen (secondary N) is 1. The second-order valence-electron chi connectivity index (χ2n) is 11.6. The smallest absolute Gasteiger partial charge is 0.264 e. The monoisotopic (exact) mass is 559 g/mol. The van der Waals surface area contributed by atoms with E-state index in [1.165, 1.54) is 31.4 Å². The van der Waals surface area contributed by atoms with Crippen molar-refractivity contribution in [2.75, 3.05) is 30.9 Å². The van der Waals surface area contributed by atoms with Gasteiger partial charge in [0.2, 0.25) is 11.8 Å². The summed E-state index contributed by atoms with van der Waals surface area (Å²) in [5.74, 6) is 1.62. The largest absolute Gasteiger partial charge is 0.471 e. The number of sulfonamides is 1. The Kier molecular flexibility index (Phi) is 6.08. The molecule has 2 aliphatic heterocycles. The second kappa shape index (κ2) is 9.55. The molecule has 1 saturated heterocycles. The minimum atomic E-state index is -4.06. The molecule has 3 unspecified atom stereocenters. The summed E-state index contributed by atoms with van der Waals surface area (Å²) in [4.78, 5) is 27.1. The van der Waals surface area contributed by atoms with Crippen molar-refractivity contribution in [3.05, 3.63) is 65.2 Å². The average molecular weight is 560 g/mol. The number of nitrogens with zero attached hydrogens (tertiary/aromatic N) is 4. The van der Waals surface area contributed by atoms with Crippen molar-refractivity contribution in [1.29, 1.82) is 0 Å². The van der Waals surface area contributed by atoms with Crippen molar-refractivity contribution < 1.29 is 17.9 Å². The first-order valence-electron chi connectivity index (χ1n) is 14.0. The summed E-state index contributed by atoms with van der Waals surface area (Å²) in [6.45, 7) is 6.40. The van der Waals surface area contributed by atoms with Gasteiger partial charge in [-0.2, -0.15) is 4.98 Å². The molecule has 4 atom stereocenters. The molecule has 1 N–H and O–H groups in total. The maximum absolute atomic E-state index is 13.7. The number of rotatable bonds is 2. The van der Waals surface area contributed by atoms with Crippen molar-refractivity contribution in [1.82, 2.24) is 19.8 Å². The third-order valence-corrected chi connectivity index (χ3v) is 10.3. The van der Waals surface area contributed by atoms with Gasteiger partial charge in [0.25, 0.3) is 15.9 Å². The molecule has 0 spiro atoms. The molecule has 3 fully saturated rings. The van der Waals surface area contributed by atoms with Crippen LogP contribution in [0.1, 0.15) is 40.7 Å². The van der Waals surface area contributed by atoms with Crippen molar-refractivity contribution >= 4 is 21.9 Å². The van der Waals surface area contributed by atoms with Gasteiger partial charge in [0.05, 0.1) is 17.1 Å². The summed E-state index contributed by atoms with van der Waals surface area (Å²) < 4.78 is 35.9. The molecule has 40 heavy (non-hydrogen) atoms. The number of hydrogen-bond donors (Lipinski definition) is 1. The molecule has 4 aliphatic rings. The van der Waals surface area contributed by atoms with Crippen LogP contribution in [-0.4, -0.2) is 72.4 Å². The first-order chi connectivity index (χ1) is 19.2. The van der Waals surface area contributed by atoms with Crippen LogP contribution >= 0.6 is 0 Å². The van der Waals surface area contributed by atoms with Crippen molar-refractivity contribution in [3.63, 3.8) is 0 Å². The number of carbonyl (C=O) groups is 1. The summed E-state index contributed by atoms with van der Waals surface area (Å²) in [5, 5.41) is 0. The van der Waals surface area contributed by atoms with Crippen LogP contribution in [0.15, 0.2) is 53.4 Å². The number of anilines is 1. The second-order valence-corrected chi connectivity index (χ2v) is 13.3. The summed E-state index contributed by atoms with van der Waals surface area (Å²) in [7, 11) is -4.06. The van der Waals surface area contributed by atoms with Gasteiger partial charge in [0.15, 0.2) is 0 Å². The quantitative estimate of drug-likeness (QED) is 0.508. The Hall–Kier alpha value is -3.50. The molecule has 9 nitrogen and oxygen atoms in total. The first-order valence-corrected chi connectivity index (χ1v) is 15.5. The molecular formula is C30H33N5O4S. The molecule has 1 amide bonds. The highest BCUT2D eigenvalue weighted by Gasteiger charge is 2.50. The Morgan fingerprint density at radius 2 is 1.77 bits per heavy atom. The van der Waals surface area contributed by atoms with E-state index >= 15 is 0 Å². The molecule has 3 aromatic rings. The SMILES string of the molecule is Cc1cccc(C)c1-c1cc2nc(n1)NS(=O)(=O)c1cccc(c1)C(=O)N1CCN(C3CCC4CC43)C[C@H](C1)O2. The van der Waals surface area contributed by atoms with Crippen molar-refractivity contribution in [3.8, 4) is 17.1 Å². The molecule has 1 aromatic heterocycles. The number of aromatic nitrogens is 2. The van der Waals surface area contributed by atoms with Gasteiger partial charge in [0.1, 0.15) is 6.10 Å². The fourth-order valence-corrected chi connectivity index (χ4v) is 7.88. The molecular weight excluding hydrogens is 526 g/mol. The van der Waals surface area contributed by atoms with Crippen molar-refractivity contribution in [2.24, 2.45) is 11.8 Å².